The first kappa shape index (κ1) is 19.2. The van der Waals surface area contributed by atoms with Gasteiger partial charge in [-0.2, -0.15) is 0 Å². The van der Waals surface area contributed by atoms with Crippen LogP contribution in [0.1, 0.15) is 34.3 Å². The Kier molecular flexibility index (Phi) is 5.07. The van der Waals surface area contributed by atoms with Crippen molar-refractivity contribution in [1.82, 2.24) is 4.90 Å². The summed E-state index contributed by atoms with van der Waals surface area (Å²) in [6, 6.07) is 20.7. The van der Waals surface area contributed by atoms with Crippen molar-refractivity contribution in [2.45, 2.75) is 24.9 Å². The highest BCUT2D eigenvalue weighted by atomic mass is 16.4. The van der Waals surface area contributed by atoms with Crippen LogP contribution in [0, 0.1) is 0 Å². The molecule has 1 heterocycles. The number of aliphatic carboxylic acids is 1. The number of fused-ring (bicyclic) bond motifs is 1. The molecule has 5 heteroatoms. The van der Waals surface area contributed by atoms with Gasteiger partial charge in [0.1, 0.15) is 0 Å². The summed E-state index contributed by atoms with van der Waals surface area (Å²) in [6.45, 7) is 0.943. The Hall–Kier alpha value is -3.18. The molecule has 5 nitrogen and oxygen atoms in total. The van der Waals surface area contributed by atoms with Crippen molar-refractivity contribution in [3.05, 3.63) is 83.4 Å². The van der Waals surface area contributed by atoms with Crippen molar-refractivity contribution in [2.75, 3.05) is 13.1 Å². The Morgan fingerprint density at radius 3 is 2.21 bits per heavy atom. The number of carbonyl (C=O) groups excluding carboxylic acids is 1. The van der Waals surface area contributed by atoms with Gasteiger partial charge in [0.2, 0.25) is 0 Å². The Morgan fingerprint density at radius 2 is 1.55 bits per heavy atom. The van der Waals surface area contributed by atoms with Gasteiger partial charge in [0.05, 0.1) is 12.0 Å². The summed E-state index contributed by atoms with van der Waals surface area (Å²) in [5.41, 5.74) is 1.13. The number of carboxylic acid groups (broad SMARTS) is 1. The SMILES string of the molecule is O=C(O)Cc1ccc(C2(O)CCN(C(=O)c3ccc4ccccc4c3)CC2)cc1. The molecule has 0 aromatic heterocycles. The zero-order chi connectivity index (χ0) is 20.4. The number of carbonyl (C=O) groups is 2. The van der Waals surface area contributed by atoms with Gasteiger partial charge in [-0.3, -0.25) is 9.59 Å². The van der Waals surface area contributed by atoms with E-state index in [-0.39, 0.29) is 12.3 Å². The lowest BCUT2D eigenvalue weighted by Crippen LogP contribution is -2.45. The molecular formula is C24H23NO4. The van der Waals surface area contributed by atoms with Crippen LogP contribution in [-0.2, 0) is 16.8 Å². The van der Waals surface area contributed by atoms with E-state index in [9.17, 15) is 14.7 Å². The fraction of sp³-hybridized carbons (Fsp3) is 0.250. The fourth-order valence-electron chi connectivity index (χ4n) is 3.98. The number of hydrogen-bond acceptors (Lipinski definition) is 3. The number of carboxylic acids is 1. The number of aliphatic hydroxyl groups is 1. The largest absolute Gasteiger partial charge is 0.481 e. The van der Waals surface area contributed by atoms with Crippen LogP contribution in [0.4, 0.5) is 0 Å². The molecule has 1 aliphatic rings. The van der Waals surface area contributed by atoms with Crippen LogP contribution >= 0.6 is 0 Å². The zero-order valence-corrected chi connectivity index (χ0v) is 16.0. The minimum absolute atomic E-state index is 0.0189. The molecule has 0 atom stereocenters. The quantitative estimate of drug-likeness (QED) is 0.715. The van der Waals surface area contributed by atoms with Gasteiger partial charge in [-0.15, -0.1) is 0 Å². The second-order valence-electron chi connectivity index (χ2n) is 7.65. The minimum Gasteiger partial charge on any atom is -0.481 e. The van der Waals surface area contributed by atoms with E-state index in [2.05, 4.69) is 0 Å². The first-order valence-electron chi connectivity index (χ1n) is 9.76. The molecule has 1 saturated heterocycles. The fourth-order valence-corrected chi connectivity index (χ4v) is 3.98. The van der Waals surface area contributed by atoms with Gasteiger partial charge in [0.25, 0.3) is 5.91 Å². The van der Waals surface area contributed by atoms with Crippen molar-refractivity contribution in [2.24, 2.45) is 0 Å². The number of likely N-dealkylation sites (tertiary alicyclic amines) is 1. The molecule has 1 amide bonds. The van der Waals surface area contributed by atoms with Gasteiger partial charge in [-0.25, -0.2) is 0 Å². The molecule has 148 valence electrons. The molecule has 0 spiro atoms. The highest BCUT2D eigenvalue weighted by Crippen LogP contribution is 2.33. The monoisotopic (exact) mass is 389 g/mol. The van der Waals surface area contributed by atoms with E-state index in [0.29, 0.717) is 37.1 Å². The van der Waals surface area contributed by atoms with Crippen LogP contribution in [-0.4, -0.2) is 40.1 Å². The highest BCUT2D eigenvalue weighted by Gasteiger charge is 2.35. The molecular weight excluding hydrogens is 366 g/mol. The molecule has 0 unspecified atom stereocenters. The first-order valence-corrected chi connectivity index (χ1v) is 9.76. The van der Waals surface area contributed by atoms with Gasteiger partial charge in [-0.05, 0) is 46.9 Å². The van der Waals surface area contributed by atoms with Gasteiger partial charge in [0.15, 0.2) is 0 Å². The molecule has 29 heavy (non-hydrogen) atoms. The van der Waals surface area contributed by atoms with Crippen molar-refractivity contribution < 1.29 is 19.8 Å². The van der Waals surface area contributed by atoms with Crippen molar-refractivity contribution in [3.63, 3.8) is 0 Å². The van der Waals surface area contributed by atoms with Crippen LogP contribution in [0.2, 0.25) is 0 Å². The second kappa shape index (κ2) is 7.68. The Morgan fingerprint density at radius 1 is 0.897 bits per heavy atom. The molecule has 3 aromatic rings. The van der Waals surface area contributed by atoms with Crippen LogP contribution in [0.15, 0.2) is 66.7 Å². The number of hydrogen-bond donors (Lipinski definition) is 2. The Labute approximate surface area is 169 Å². The lowest BCUT2D eigenvalue weighted by molar-refractivity contribution is -0.136. The topological polar surface area (TPSA) is 77.8 Å². The van der Waals surface area contributed by atoms with Crippen LogP contribution in [0.25, 0.3) is 10.8 Å². The molecule has 1 fully saturated rings. The summed E-state index contributed by atoms with van der Waals surface area (Å²) in [6.07, 6.45) is 0.863. The van der Waals surface area contributed by atoms with Gasteiger partial charge >= 0.3 is 5.97 Å². The molecule has 0 bridgehead atoms. The van der Waals surface area contributed by atoms with Crippen LogP contribution in [0.5, 0.6) is 0 Å². The maximum atomic E-state index is 12.9. The van der Waals surface area contributed by atoms with E-state index in [1.165, 1.54) is 0 Å². The van der Waals surface area contributed by atoms with E-state index in [4.69, 9.17) is 5.11 Å². The standard InChI is InChI=1S/C24H23NO4/c26-22(27)15-17-5-9-21(10-6-17)24(29)11-13-25(14-12-24)23(28)20-8-7-18-3-1-2-4-19(18)16-20/h1-10,16,29H,11-15H2,(H,26,27). The highest BCUT2D eigenvalue weighted by molar-refractivity contribution is 5.98. The van der Waals surface area contributed by atoms with Gasteiger partial charge < -0.3 is 15.1 Å². The zero-order valence-electron chi connectivity index (χ0n) is 16.0. The van der Waals surface area contributed by atoms with Crippen molar-refractivity contribution >= 4 is 22.6 Å². The Balaban J connectivity index is 1.45. The van der Waals surface area contributed by atoms with E-state index >= 15 is 0 Å². The van der Waals surface area contributed by atoms with Crippen molar-refractivity contribution in [1.29, 1.82) is 0 Å². The number of nitrogens with zero attached hydrogens (tertiary/aromatic N) is 1. The second-order valence-corrected chi connectivity index (χ2v) is 7.65. The smallest absolute Gasteiger partial charge is 0.307 e. The van der Waals surface area contributed by atoms with E-state index in [1.807, 2.05) is 42.5 Å². The molecule has 2 N–H and O–H groups in total. The lowest BCUT2D eigenvalue weighted by Gasteiger charge is -2.38. The summed E-state index contributed by atoms with van der Waals surface area (Å²) < 4.78 is 0. The van der Waals surface area contributed by atoms with Crippen LogP contribution in [0.3, 0.4) is 0 Å². The summed E-state index contributed by atoms with van der Waals surface area (Å²) in [5, 5.41) is 22.1. The maximum absolute atomic E-state index is 12.9. The minimum atomic E-state index is -0.998. The average molecular weight is 389 g/mol. The summed E-state index contributed by atoms with van der Waals surface area (Å²) in [7, 11) is 0. The molecule has 0 saturated carbocycles. The third-order valence-electron chi connectivity index (χ3n) is 5.72. The van der Waals surface area contributed by atoms with E-state index in [1.54, 1.807) is 29.2 Å². The molecule has 4 rings (SSSR count). The Bertz CT molecular complexity index is 1050. The predicted octanol–water partition coefficient (Wildman–Crippen LogP) is 3.59. The number of piperidine rings is 1. The van der Waals surface area contributed by atoms with E-state index < -0.39 is 11.6 Å². The van der Waals surface area contributed by atoms with Gasteiger partial charge in [0, 0.05) is 18.7 Å². The summed E-state index contributed by atoms with van der Waals surface area (Å²) in [5.74, 6) is -0.897. The molecule has 0 radical (unpaired) electrons. The number of amides is 1. The molecule has 3 aromatic carbocycles. The third-order valence-corrected chi connectivity index (χ3v) is 5.72. The van der Waals surface area contributed by atoms with E-state index in [0.717, 1.165) is 16.3 Å². The van der Waals surface area contributed by atoms with Crippen LogP contribution < -0.4 is 0 Å². The summed E-state index contributed by atoms with van der Waals surface area (Å²) in [4.78, 5) is 25.5. The number of benzene rings is 3. The normalized spacial score (nSPS) is 16.0. The predicted molar refractivity (Wildman–Crippen MR) is 111 cm³/mol. The third kappa shape index (κ3) is 4.00. The van der Waals surface area contributed by atoms with Gasteiger partial charge in [-0.1, -0.05) is 54.6 Å². The average Bonchev–Trinajstić information content (AvgIpc) is 2.73. The molecule has 1 aliphatic heterocycles. The maximum Gasteiger partial charge on any atom is 0.307 e. The number of rotatable bonds is 4. The summed E-state index contributed by atoms with van der Waals surface area (Å²) >= 11 is 0. The first-order chi connectivity index (χ1) is 13.9. The lowest BCUT2D eigenvalue weighted by atomic mass is 9.84. The molecule has 0 aliphatic carbocycles. The van der Waals surface area contributed by atoms with Crippen molar-refractivity contribution in [3.8, 4) is 0 Å².